The third kappa shape index (κ3) is 5.28. The van der Waals surface area contributed by atoms with Crippen molar-refractivity contribution in [1.82, 2.24) is 0 Å². The van der Waals surface area contributed by atoms with Crippen LogP contribution in [0.2, 0.25) is 0 Å². The van der Waals surface area contributed by atoms with Crippen molar-refractivity contribution in [1.29, 1.82) is 0 Å². The Kier molecular flexibility index (Phi) is 5.94. The van der Waals surface area contributed by atoms with Crippen molar-refractivity contribution < 1.29 is 9.47 Å². The molecule has 0 unspecified atom stereocenters. The molecule has 3 nitrogen and oxygen atoms in total. The van der Waals surface area contributed by atoms with Gasteiger partial charge in [-0.05, 0) is 53.9 Å². The number of hydrogen-bond donors (Lipinski definition) is 1. The van der Waals surface area contributed by atoms with Crippen molar-refractivity contribution in [2.45, 2.75) is 13.0 Å². The molecule has 0 aromatic heterocycles. The standard InChI is InChI=1S/C22H23NO2/c1-24-21-13-9-20(10-14-21)23-16-15-18-7-11-22(12-8-18)25-17-19-5-3-2-4-6-19/h2-14,23H,15-17H2,1H3. The van der Waals surface area contributed by atoms with Crippen molar-refractivity contribution in [3.8, 4) is 11.5 Å². The molecule has 0 heterocycles. The molecular weight excluding hydrogens is 310 g/mol. The van der Waals surface area contributed by atoms with E-state index in [1.54, 1.807) is 7.11 Å². The van der Waals surface area contributed by atoms with E-state index in [-0.39, 0.29) is 0 Å². The van der Waals surface area contributed by atoms with Crippen LogP contribution in [0, 0.1) is 0 Å². The van der Waals surface area contributed by atoms with E-state index in [2.05, 4.69) is 29.6 Å². The number of anilines is 1. The summed E-state index contributed by atoms with van der Waals surface area (Å²) in [5.74, 6) is 1.77. The molecule has 3 aromatic carbocycles. The topological polar surface area (TPSA) is 30.5 Å². The van der Waals surface area contributed by atoms with E-state index in [4.69, 9.17) is 9.47 Å². The summed E-state index contributed by atoms with van der Waals surface area (Å²) in [7, 11) is 1.68. The zero-order valence-corrected chi connectivity index (χ0v) is 14.4. The Morgan fingerprint density at radius 3 is 2.08 bits per heavy atom. The molecule has 1 N–H and O–H groups in total. The van der Waals surface area contributed by atoms with Crippen LogP contribution in [0.1, 0.15) is 11.1 Å². The van der Waals surface area contributed by atoms with E-state index >= 15 is 0 Å². The van der Waals surface area contributed by atoms with E-state index in [0.29, 0.717) is 6.61 Å². The Bertz CT molecular complexity index is 752. The first-order chi connectivity index (χ1) is 12.3. The summed E-state index contributed by atoms with van der Waals surface area (Å²) in [5, 5.41) is 3.42. The van der Waals surface area contributed by atoms with Gasteiger partial charge in [-0.2, -0.15) is 0 Å². The average Bonchev–Trinajstić information content (AvgIpc) is 2.69. The molecule has 0 aliphatic carbocycles. The second kappa shape index (κ2) is 8.78. The van der Waals surface area contributed by atoms with Crippen molar-refractivity contribution in [3.05, 3.63) is 90.0 Å². The van der Waals surface area contributed by atoms with Gasteiger partial charge in [0.2, 0.25) is 0 Å². The van der Waals surface area contributed by atoms with Gasteiger partial charge in [0.1, 0.15) is 18.1 Å². The fourth-order valence-electron chi connectivity index (χ4n) is 2.55. The van der Waals surface area contributed by atoms with Crippen LogP contribution in [-0.2, 0) is 13.0 Å². The summed E-state index contributed by atoms with van der Waals surface area (Å²) in [6, 6.07) is 26.5. The zero-order chi connectivity index (χ0) is 17.3. The predicted octanol–water partition coefficient (Wildman–Crippen LogP) is 4.93. The quantitative estimate of drug-likeness (QED) is 0.634. The number of ether oxygens (including phenoxy) is 2. The van der Waals surface area contributed by atoms with Crippen LogP contribution in [0.3, 0.4) is 0 Å². The lowest BCUT2D eigenvalue weighted by atomic mass is 10.1. The van der Waals surface area contributed by atoms with Crippen LogP contribution in [0.15, 0.2) is 78.9 Å². The Balaban J connectivity index is 1.44. The monoisotopic (exact) mass is 333 g/mol. The molecule has 0 bridgehead atoms. The first-order valence-electron chi connectivity index (χ1n) is 8.47. The summed E-state index contributed by atoms with van der Waals surface area (Å²) in [6.07, 6.45) is 0.963. The Labute approximate surface area is 149 Å². The molecule has 0 saturated heterocycles. The summed E-state index contributed by atoms with van der Waals surface area (Å²) in [5.41, 5.74) is 3.56. The lowest BCUT2D eigenvalue weighted by Crippen LogP contribution is -2.04. The second-order valence-electron chi connectivity index (χ2n) is 5.82. The fraction of sp³-hybridized carbons (Fsp3) is 0.182. The SMILES string of the molecule is COc1ccc(NCCc2ccc(OCc3ccccc3)cc2)cc1. The highest BCUT2D eigenvalue weighted by Gasteiger charge is 1.98. The molecular formula is C22H23NO2. The van der Waals surface area contributed by atoms with Crippen molar-refractivity contribution >= 4 is 5.69 Å². The van der Waals surface area contributed by atoms with E-state index in [9.17, 15) is 0 Å². The van der Waals surface area contributed by atoms with Gasteiger partial charge in [-0.1, -0.05) is 42.5 Å². The minimum atomic E-state index is 0.596. The average molecular weight is 333 g/mol. The molecule has 0 aliphatic heterocycles. The maximum absolute atomic E-state index is 5.82. The molecule has 0 radical (unpaired) electrons. The third-order valence-corrected chi connectivity index (χ3v) is 4.00. The lowest BCUT2D eigenvalue weighted by molar-refractivity contribution is 0.306. The van der Waals surface area contributed by atoms with Crippen LogP contribution in [0.25, 0.3) is 0 Å². The minimum Gasteiger partial charge on any atom is -0.497 e. The number of benzene rings is 3. The predicted molar refractivity (Wildman–Crippen MR) is 102 cm³/mol. The Morgan fingerprint density at radius 1 is 0.720 bits per heavy atom. The molecule has 3 rings (SSSR count). The first-order valence-corrected chi connectivity index (χ1v) is 8.47. The van der Waals surface area contributed by atoms with Crippen molar-refractivity contribution in [2.75, 3.05) is 19.0 Å². The molecule has 3 heteroatoms. The zero-order valence-electron chi connectivity index (χ0n) is 14.4. The number of rotatable bonds is 8. The molecule has 128 valence electrons. The van der Waals surface area contributed by atoms with Gasteiger partial charge in [0.05, 0.1) is 7.11 Å². The lowest BCUT2D eigenvalue weighted by Gasteiger charge is -2.09. The Hall–Kier alpha value is -2.94. The molecule has 0 aliphatic rings. The Morgan fingerprint density at radius 2 is 1.40 bits per heavy atom. The first kappa shape index (κ1) is 16.9. The molecule has 25 heavy (non-hydrogen) atoms. The van der Waals surface area contributed by atoms with E-state index < -0.39 is 0 Å². The second-order valence-corrected chi connectivity index (χ2v) is 5.82. The third-order valence-electron chi connectivity index (χ3n) is 4.00. The number of hydrogen-bond acceptors (Lipinski definition) is 3. The van der Waals surface area contributed by atoms with Crippen LogP contribution in [0.5, 0.6) is 11.5 Å². The highest BCUT2D eigenvalue weighted by molar-refractivity contribution is 5.46. The summed E-state index contributed by atoms with van der Waals surface area (Å²) in [4.78, 5) is 0. The van der Waals surface area contributed by atoms with Crippen molar-refractivity contribution in [2.24, 2.45) is 0 Å². The van der Waals surface area contributed by atoms with Gasteiger partial charge < -0.3 is 14.8 Å². The van der Waals surface area contributed by atoms with E-state index in [1.807, 2.05) is 54.6 Å². The molecule has 0 saturated carbocycles. The van der Waals surface area contributed by atoms with Crippen LogP contribution >= 0.6 is 0 Å². The van der Waals surface area contributed by atoms with Gasteiger partial charge in [0.25, 0.3) is 0 Å². The van der Waals surface area contributed by atoms with Gasteiger partial charge in [0.15, 0.2) is 0 Å². The smallest absolute Gasteiger partial charge is 0.119 e. The van der Waals surface area contributed by atoms with Gasteiger partial charge >= 0.3 is 0 Å². The largest absolute Gasteiger partial charge is 0.497 e. The van der Waals surface area contributed by atoms with Crippen LogP contribution < -0.4 is 14.8 Å². The fourth-order valence-corrected chi connectivity index (χ4v) is 2.55. The van der Waals surface area contributed by atoms with Gasteiger partial charge in [0, 0.05) is 12.2 Å². The molecule has 0 atom stereocenters. The maximum atomic E-state index is 5.82. The normalized spacial score (nSPS) is 10.3. The minimum absolute atomic E-state index is 0.596. The maximum Gasteiger partial charge on any atom is 0.119 e. The van der Waals surface area contributed by atoms with Crippen LogP contribution in [0.4, 0.5) is 5.69 Å². The summed E-state index contributed by atoms with van der Waals surface area (Å²) in [6.45, 7) is 1.48. The molecule has 3 aromatic rings. The summed E-state index contributed by atoms with van der Waals surface area (Å²) >= 11 is 0. The van der Waals surface area contributed by atoms with E-state index in [1.165, 1.54) is 11.1 Å². The highest BCUT2D eigenvalue weighted by Crippen LogP contribution is 2.16. The van der Waals surface area contributed by atoms with Gasteiger partial charge in [-0.3, -0.25) is 0 Å². The highest BCUT2D eigenvalue weighted by atomic mass is 16.5. The van der Waals surface area contributed by atoms with E-state index in [0.717, 1.165) is 30.2 Å². The summed E-state index contributed by atoms with van der Waals surface area (Å²) < 4.78 is 11.0. The van der Waals surface area contributed by atoms with Crippen LogP contribution in [-0.4, -0.2) is 13.7 Å². The van der Waals surface area contributed by atoms with Crippen molar-refractivity contribution in [3.63, 3.8) is 0 Å². The van der Waals surface area contributed by atoms with Gasteiger partial charge in [-0.25, -0.2) is 0 Å². The number of methoxy groups -OCH3 is 1. The molecule has 0 spiro atoms. The van der Waals surface area contributed by atoms with Gasteiger partial charge in [-0.15, -0.1) is 0 Å². The number of nitrogens with one attached hydrogen (secondary N) is 1. The molecule has 0 amide bonds. The molecule has 0 fully saturated rings.